The molecular formula is C87H171NO5. The summed E-state index contributed by atoms with van der Waals surface area (Å²) in [6, 6.07) is -0.538. The molecule has 0 aliphatic rings. The van der Waals surface area contributed by atoms with Gasteiger partial charge in [-0.25, -0.2) is 0 Å². The van der Waals surface area contributed by atoms with E-state index < -0.39 is 12.1 Å². The molecule has 0 fully saturated rings. The third kappa shape index (κ3) is 79.5. The summed E-state index contributed by atoms with van der Waals surface area (Å²) in [6.45, 7) is 5.01. The smallest absolute Gasteiger partial charge is 0.305 e. The molecule has 6 nitrogen and oxygen atoms in total. The van der Waals surface area contributed by atoms with Gasteiger partial charge >= 0.3 is 5.97 Å². The average molecular weight is 1310 g/mol. The van der Waals surface area contributed by atoms with Crippen LogP contribution in [0.5, 0.6) is 0 Å². The highest BCUT2D eigenvalue weighted by Gasteiger charge is 2.20. The average Bonchev–Trinajstić information content (AvgIpc) is 3.78. The van der Waals surface area contributed by atoms with Gasteiger partial charge in [0.05, 0.1) is 25.4 Å². The highest BCUT2D eigenvalue weighted by atomic mass is 16.5. The lowest BCUT2D eigenvalue weighted by molar-refractivity contribution is -0.143. The molecule has 0 aromatic rings. The molecule has 0 bridgehead atoms. The Labute approximate surface area is 584 Å². The molecule has 93 heavy (non-hydrogen) atoms. The summed E-state index contributed by atoms with van der Waals surface area (Å²) in [7, 11) is 0. The monoisotopic (exact) mass is 1310 g/mol. The van der Waals surface area contributed by atoms with Crippen molar-refractivity contribution in [1.82, 2.24) is 5.32 Å². The molecule has 0 saturated heterocycles. The summed E-state index contributed by atoms with van der Waals surface area (Å²) in [5, 5.41) is 23.5. The van der Waals surface area contributed by atoms with Crippen LogP contribution in [0.2, 0.25) is 0 Å². The van der Waals surface area contributed by atoms with Crippen molar-refractivity contribution < 1.29 is 24.5 Å². The maximum absolute atomic E-state index is 12.6. The number of carbonyl (C=O) groups is 2. The minimum atomic E-state index is -0.661. The molecule has 0 aliphatic carbocycles. The lowest BCUT2D eigenvalue weighted by Gasteiger charge is -2.22. The Hall–Kier alpha value is -1.40. The Kier molecular flexibility index (Phi) is 81.8. The van der Waals surface area contributed by atoms with Crippen LogP contribution in [0.4, 0.5) is 0 Å². The van der Waals surface area contributed by atoms with Crippen LogP contribution in [0.25, 0.3) is 0 Å². The number of aliphatic hydroxyl groups excluding tert-OH is 2. The standard InChI is InChI=1S/C87H171NO5/c1-3-5-7-9-11-13-15-17-19-21-22-23-39-42-45-48-51-55-59-63-67-71-75-79-85(90)84(83-89)88-86(91)80-76-72-68-64-60-56-52-49-46-43-40-37-35-33-31-29-27-25-24-26-28-30-32-34-36-38-41-44-47-50-54-58-62-66-70-74-78-82-93-87(92)81-77-73-69-65-61-57-53-20-18-16-14-12-10-8-6-4-2/h20,53,84-85,89-90H,3-19,21-52,54-83H2,1-2H3,(H,88,91)/b53-20-. The summed E-state index contributed by atoms with van der Waals surface area (Å²) in [5.74, 6) is -0.00532. The minimum absolute atomic E-state index is 0.0174. The molecular weight excluding hydrogens is 1140 g/mol. The summed E-state index contributed by atoms with van der Waals surface area (Å²) in [4.78, 5) is 24.7. The quantitative estimate of drug-likeness (QED) is 0.0320. The van der Waals surface area contributed by atoms with Gasteiger partial charge in [-0.1, -0.05) is 456 Å². The summed E-state index contributed by atoms with van der Waals surface area (Å²) in [6.07, 6.45) is 106. The number of allylic oxidation sites excluding steroid dienone is 2. The van der Waals surface area contributed by atoms with E-state index in [-0.39, 0.29) is 18.5 Å². The topological polar surface area (TPSA) is 95.9 Å². The van der Waals surface area contributed by atoms with E-state index in [1.807, 2.05) is 0 Å². The first-order chi connectivity index (χ1) is 46.0. The number of nitrogens with one attached hydrogen (secondary N) is 1. The normalized spacial score (nSPS) is 12.4. The molecule has 2 unspecified atom stereocenters. The van der Waals surface area contributed by atoms with Crippen LogP contribution >= 0.6 is 0 Å². The SMILES string of the molecule is CCCCCCCCC/C=C\CCCCCCCC(=O)OCCCCCCCCCCCCCCCCCCCCCCCCCCCCCCCCCCCCCCCC(=O)NC(CO)C(O)CCCCCCCCCCCCCCCCCCCCCCCCC. The second-order valence-electron chi connectivity index (χ2n) is 30.2. The van der Waals surface area contributed by atoms with Crippen LogP contribution < -0.4 is 5.32 Å². The first-order valence-corrected chi connectivity index (χ1v) is 43.4. The van der Waals surface area contributed by atoms with Gasteiger partial charge < -0.3 is 20.3 Å². The van der Waals surface area contributed by atoms with Crippen molar-refractivity contribution >= 4 is 11.9 Å². The molecule has 0 saturated carbocycles. The summed E-state index contributed by atoms with van der Waals surface area (Å²) in [5.41, 5.74) is 0. The highest BCUT2D eigenvalue weighted by Crippen LogP contribution is 2.21. The van der Waals surface area contributed by atoms with Crippen LogP contribution in [0.1, 0.15) is 508 Å². The van der Waals surface area contributed by atoms with Crippen LogP contribution in [-0.2, 0) is 14.3 Å². The molecule has 0 rings (SSSR count). The van der Waals surface area contributed by atoms with Gasteiger partial charge in [-0.15, -0.1) is 0 Å². The maximum atomic E-state index is 12.6. The lowest BCUT2D eigenvalue weighted by atomic mass is 10.0. The van der Waals surface area contributed by atoms with Crippen molar-refractivity contribution in [3.05, 3.63) is 12.2 Å². The van der Waals surface area contributed by atoms with E-state index in [9.17, 15) is 19.8 Å². The van der Waals surface area contributed by atoms with Crippen molar-refractivity contribution in [2.24, 2.45) is 0 Å². The maximum Gasteiger partial charge on any atom is 0.305 e. The molecule has 1 amide bonds. The van der Waals surface area contributed by atoms with E-state index in [2.05, 4.69) is 31.3 Å². The molecule has 0 heterocycles. The fraction of sp³-hybridized carbons (Fsp3) is 0.954. The van der Waals surface area contributed by atoms with E-state index in [0.717, 1.165) is 44.9 Å². The van der Waals surface area contributed by atoms with Gasteiger partial charge in [-0.2, -0.15) is 0 Å². The van der Waals surface area contributed by atoms with Crippen molar-refractivity contribution in [2.75, 3.05) is 13.2 Å². The van der Waals surface area contributed by atoms with Gasteiger partial charge in [-0.05, 0) is 51.4 Å². The van der Waals surface area contributed by atoms with E-state index in [4.69, 9.17) is 4.74 Å². The summed E-state index contributed by atoms with van der Waals surface area (Å²) >= 11 is 0. The van der Waals surface area contributed by atoms with E-state index in [0.29, 0.717) is 25.9 Å². The lowest BCUT2D eigenvalue weighted by Crippen LogP contribution is -2.45. The van der Waals surface area contributed by atoms with Crippen molar-refractivity contribution in [3.8, 4) is 0 Å². The molecule has 0 aromatic carbocycles. The van der Waals surface area contributed by atoms with Crippen molar-refractivity contribution in [1.29, 1.82) is 0 Å². The number of rotatable bonds is 83. The van der Waals surface area contributed by atoms with Crippen molar-refractivity contribution in [2.45, 2.75) is 520 Å². The number of hydrogen-bond donors (Lipinski definition) is 3. The van der Waals surface area contributed by atoms with Crippen molar-refractivity contribution in [3.63, 3.8) is 0 Å². The molecule has 0 radical (unpaired) electrons. The molecule has 0 aromatic heterocycles. The van der Waals surface area contributed by atoms with E-state index >= 15 is 0 Å². The van der Waals surface area contributed by atoms with Gasteiger partial charge in [0.2, 0.25) is 5.91 Å². The predicted octanol–water partition coefficient (Wildman–Crippen LogP) is 29.0. The Morgan fingerprint density at radius 1 is 0.290 bits per heavy atom. The van der Waals surface area contributed by atoms with Crippen LogP contribution in [0, 0.1) is 0 Å². The van der Waals surface area contributed by atoms with Crippen LogP contribution in [-0.4, -0.2) is 47.4 Å². The fourth-order valence-electron chi connectivity index (χ4n) is 14.2. The zero-order valence-corrected chi connectivity index (χ0v) is 63.8. The first kappa shape index (κ1) is 91.6. The van der Waals surface area contributed by atoms with Gasteiger partial charge in [0.25, 0.3) is 0 Å². The second-order valence-corrected chi connectivity index (χ2v) is 30.2. The fourth-order valence-corrected chi connectivity index (χ4v) is 14.2. The molecule has 0 spiro atoms. The zero-order valence-electron chi connectivity index (χ0n) is 63.8. The number of ether oxygens (including phenoxy) is 1. The van der Waals surface area contributed by atoms with E-state index in [1.165, 1.54) is 430 Å². The molecule has 0 aliphatic heterocycles. The number of hydrogen-bond acceptors (Lipinski definition) is 5. The number of esters is 1. The number of carbonyl (C=O) groups excluding carboxylic acids is 2. The number of unbranched alkanes of at least 4 members (excludes halogenated alkanes) is 70. The largest absolute Gasteiger partial charge is 0.466 e. The minimum Gasteiger partial charge on any atom is -0.466 e. The van der Waals surface area contributed by atoms with Gasteiger partial charge in [-0.3, -0.25) is 9.59 Å². The van der Waals surface area contributed by atoms with Gasteiger partial charge in [0.15, 0.2) is 0 Å². The number of amides is 1. The Morgan fingerprint density at radius 3 is 0.763 bits per heavy atom. The third-order valence-electron chi connectivity index (χ3n) is 20.8. The highest BCUT2D eigenvalue weighted by molar-refractivity contribution is 5.76. The van der Waals surface area contributed by atoms with E-state index in [1.54, 1.807) is 0 Å². The van der Waals surface area contributed by atoms with Crippen LogP contribution in [0.3, 0.4) is 0 Å². The molecule has 6 heteroatoms. The van der Waals surface area contributed by atoms with Gasteiger partial charge in [0.1, 0.15) is 0 Å². The molecule has 2 atom stereocenters. The Bertz CT molecular complexity index is 1420. The second kappa shape index (κ2) is 83.0. The molecule has 554 valence electrons. The third-order valence-corrected chi connectivity index (χ3v) is 20.8. The predicted molar refractivity (Wildman–Crippen MR) is 412 cm³/mol. The van der Waals surface area contributed by atoms with Gasteiger partial charge in [0, 0.05) is 12.8 Å². The Morgan fingerprint density at radius 2 is 0.505 bits per heavy atom. The molecule has 3 N–H and O–H groups in total. The Balaban J connectivity index is 3.30. The first-order valence-electron chi connectivity index (χ1n) is 43.4. The van der Waals surface area contributed by atoms with Crippen LogP contribution in [0.15, 0.2) is 12.2 Å². The summed E-state index contributed by atoms with van der Waals surface area (Å²) < 4.78 is 5.51. The zero-order chi connectivity index (χ0) is 67.0. The number of aliphatic hydroxyl groups is 2.